The van der Waals surface area contributed by atoms with E-state index in [0.717, 1.165) is 34.5 Å². The molecule has 1 aromatic carbocycles. The lowest BCUT2D eigenvalue weighted by atomic mass is 10.1. The third kappa shape index (κ3) is 5.33. The Labute approximate surface area is 133 Å². The quantitative estimate of drug-likeness (QED) is 0.836. The van der Waals surface area contributed by atoms with E-state index in [1.165, 1.54) is 0 Å². The van der Waals surface area contributed by atoms with Crippen molar-refractivity contribution in [2.75, 3.05) is 17.1 Å². The second-order valence-electron chi connectivity index (χ2n) is 5.80. The number of carbonyl (C=O) groups is 1. The van der Waals surface area contributed by atoms with Crippen LogP contribution in [0.25, 0.3) is 0 Å². The van der Waals surface area contributed by atoms with Crippen LogP contribution in [0.3, 0.4) is 0 Å². The van der Waals surface area contributed by atoms with Crippen molar-refractivity contribution in [3.8, 4) is 0 Å². The van der Waals surface area contributed by atoms with Crippen LogP contribution in [0.5, 0.6) is 0 Å². The monoisotopic (exact) mass is 326 g/mol. The largest absolute Gasteiger partial charge is 0.352 e. The zero-order chi connectivity index (χ0) is 16.9. The van der Waals surface area contributed by atoms with Crippen molar-refractivity contribution in [3.05, 3.63) is 29.3 Å². The van der Waals surface area contributed by atoms with Crippen LogP contribution < -0.4 is 9.62 Å². The van der Waals surface area contributed by atoms with Crippen molar-refractivity contribution >= 4 is 21.6 Å². The van der Waals surface area contributed by atoms with Crippen LogP contribution in [0, 0.1) is 13.8 Å². The summed E-state index contributed by atoms with van der Waals surface area (Å²) in [5.74, 6) is -0.287. The number of carbonyl (C=O) groups excluding carboxylic acids is 1. The number of amides is 1. The molecule has 1 aromatic rings. The number of sulfonamides is 1. The SMILES string of the molecule is CCCC(C)NC(=O)CN(c1ccc(C)c(C)c1)S(C)(=O)=O. The van der Waals surface area contributed by atoms with Gasteiger partial charge in [0, 0.05) is 6.04 Å². The first-order chi connectivity index (χ1) is 10.1. The van der Waals surface area contributed by atoms with E-state index in [1.54, 1.807) is 12.1 Å². The lowest BCUT2D eigenvalue weighted by molar-refractivity contribution is -0.120. The first kappa shape index (κ1) is 18.5. The number of anilines is 1. The molecule has 0 saturated carbocycles. The summed E-state index contributed by atoms with van der Waals surface area (Å²) >= 11 is 0. The highest BCUT2D eigenvalue weighted by atomic mass is 32.2. The van der Waals surface area contributed by atoms with Crippen LogP contribution in [0.15, 0.2) is 18.2 Å². The van der Waals surface area contributed by atoms with Crippen LogP contribution in [0.1, 0.15) is 37.8 Å². The standard InChI is InChI=1S/C16H26N2O3S/c1-6-7-14(4)17-16(19)11-18(22(5,20)21)15-9-8-12(2)13(3)10-15/h8-10,14H,6-7,11H2,1-5H3,(H,17,19). The number of benzene rings is 1. The number of nitrogens with one attached hydrogen (secondary N) is 1. The topological polar surface area (TPSA) is 66.5 Å². The van der Waals surface area contributed by atoms with Crippen LogP contribution in [0.2, 0.25) is 0 Å². The Morgan fingerprint density at radius 1 is 1.27 bits per heavy atom. The molecular formula is C16H26N2O3S. The van der Waals surface area contributed by atoms with Gasteiger partial charge in [-0.3, -0.25) is 9.10 Å². The molecule has 1 N–H and O–H groups in total. The molecule has 22 heavy (non-hydrogen) atoms. The van der Waals surface area contributed by atoms with E-state index in [2.05, 4.69) is 5.32 Å². The predicted molar refractivity (Wildman–Crippen MR) is 90.6 cm³/mol. The van der Waals surface area contributed by atoms with E-state index in [0.29, 0.717) is 5.69 Å². The third-order valence-corrected chi connectivity index (χ3v) is 4.74. The van der Waals surface area contributed by atoms with Crippen molar-refractivity contribution in [1.82, 2.24) is 5.32 Å². The predicted octanol–water partition coefficient (Wildman–Crippen LogP) is 2.37. The normalized spacial score (nSPS) is 12.8. The highest BCUT2D eigenvalue weighted by Crippen LogP contribution is 2.21. The summed E-state index contributed by atoms with van der Waals surface area (Å²) in [5.41, 5.74) is 2.59. The third-order valence-electron chi connectivity index (χ3n) is 3.60. The summed E-state index contributed by atoms with van der Waals surface area (Å²) in [7, 11) is -3.52. The molecule has 1 amide bonds. The second kappa shape index (κ2) is 7.63. The minimum atomic E-state index is -3.52. The molecule has 1 rings (SSSR count). The van der Waals surface area contributed by atoms with Gasteiger partial charge in [0.05, 0.1) is 11.9 Å². The lowest BCUT2D eigenvalue weighted by Crippen LogP contribution is -2.43. The van der Waals surface area contributed by atoms with Gasteiger partial charge < -0.3 is 5.32 Å². The molecule has 1 unspecified atom stereocenters. The highest BCUT2D eigenvalue weighted by Gasteiger charge is 2.21. The first-order valence-electron chi connectivity index (χ1n) is 7.49. The maximum absolute atomic E-state index is 12.1. The van der Waals surface area contributed by atoms with Gasteiger partial charge in [-0.25, -0.2) is 8.42 Å². The molecule has 0 fully saturated rings. The Hall–Kier alpha value is -1.56. The number of hydrogen-bond acceptors (Lipinski definition) is 3. The Kier molecular flexibility index (Phi) is 6.41. The smallest absolute Gasteiger partial charge is 0.240 e. The van der Waals surface area contributed by atoms with E-state index < -0.39 is 10.0 Å². The molecule has 1 atom stereocenters. The molecule has 0 spiro atoms. The van der Waals surface area contributed by atoms with Gasteiger partial charge in [-0.2, -0.15) is 0 Å². The number of rotatable bonds is 7. The number of aryl methyl sites for hydroxylation is 2. The molecule has 0 aromatic heterocycles. The molecule has 0 heterocycles. The van der Waals surface area contributed by atoms with Gasteiger partial charge >= 0.3 is 0 Å². The van der Waals surface area contributed by atoms with E-state index >= 15 is 0 Å². The van der Waals surface area contributed by atoms with Gasteiger partial charge in [-0.1, -0.05) is 19.4 Å². The van der Waals surface area contributed by atoms with E-state index in [-0.39, 0.29) is 18.5 Å². The molecule has 124 valence electrons. The molecule has 6 heteroatoms. The number of hydrogen-bond donors (Lipinski definition) is 1. The van der Waals surface area contributed by atoms with Crippen molar-refractivity contribution in [1.29, 1.82) is 0 Å². The van der Waals surface area contributed by atoms with E-state index in [1.807, 2.05) is 33.8 Å². The number of nitrogens with zero attached hydrogens (tertiary/aromatic N) is 1. The molecule has 0 saturated heterocycles. The fraction of sp³-hybridized carbons (Fsp3) is 0.562. The van der Waals surface area contributed by atoms with E-state index in [9.17, 15) is 13.2 Å². The van der Waals surface area contributed by atoms with Crippen LogP contribution >= 0.6 is 0 Å². The average molecular weight is 326 g/mol. The van der Waals surface area contributed by atoms with Crippen molar-refractivity contribution < 1.29 is 13.2 Å². The highest BCUT2D eigenvalue weighted by molar-refractivity contribution is 7.92. The first-order valence-corrected chi connectivity index (χ1v) is 9.34. The summed E-state index contributed by atoms with van der Waals surface area (Å²) < 4.78 is 25.2. The van der Waals surface area contributed by atoms with Crippen LogP contribution in [-0.2, 0) is 14.8 Å². The van der Waals surface area contributed by atoms with Crippen molar-refractivity contribution in [2.24, 2.45) is 0 Å². The summed E-state index contributed by atoms with van der Waals surface area (Å²) in [6, 6.07) is 5.42. The van der Waals surface area contributed by atoms with E-state index in [4.69, 9.17) is 0 Å². The van der Waals surface area contributed by atoms with Gasteiger partial charge in [0.2, 0.25) is 15.9 Å². The minimum Gasteiger partial charge on any atom is -0.352 e. The molecule has 0 aliphatic carbocycles. The summed E-state index contributed by atoms with van der Waals surface area (Å²) in [4.78, 5) is 12.1. The molecular weight excluding hydrogens is 300 g/mol. The van der Waals surface area contributed by atoms with Crippen LogP contribution in [0.4, 0.5) is 5.69 Å². The fourth-order valence-corrected chi connectivity index (χ4v) is 3.09. The Morgan fingerprint density at radius 2 is 1.91 bits per heavy atom. The minimum absolute atomic E-state index is 0.0404. The Bertz CT molecular complexity index is 626. The zero-order valence-corrected chi connectivity index (χ0v) is 14.8. The van der Waals surface area contributed by atoms with Gasteiger partial charge in [-0.15, -0.1) is 0 Å². The van der Waals surface area contributed by atoms with Gasteiger partial charge in [-0.05, 0) is 50.5 Å². The maximum Gasteiger partial charge on any atom is 0.240 e. The second-order valence-corrected chi connectivity index (χ2v) is 7.70. The van der Waals surface area contributed by atoms with Crippen LogP contribution in [-0.4, -0.2) is 33.2 Å². The average Bonchev–Trinajstić information content (AvgIpc) is 2.38. The molecule has 0 radical (unpaired) electrons. The van der Waals surface area contributed by atoms with Gasteiger partial charge in [0.1, 0.15) is 6.54 Å². The summed E-state index contributed by atoms with van der Waals surface area (Å²) in [5, 5.41) is 2.83. The zero-order valence-electron chi connectivity index (χ0n) is 14.0. The molecule has 5 nitrogen and oxygen atoms in total. The molecule has 0 aliphatic heterocycles. The Morgan fingerprint density at radius 3 is 2.41 bits per heavy atom. The van der Waals surface area contributed by atoms with Gasteiger partial charge in [0.25, 0.3) is 0 Å². The van der Waals surface area contributed by atoms with Crippen molar-refractivity contribution in [2.45, 2.75) is 46.6 Å². The summed E-state index contributed by atoms with van der Waals surface area (Å²) in [6.07, 6.45) is 2.95. The van der Waals surface area contributed by atoms with Gasteiger partial charge in [0.15, 0.2) is 0 Å². The Balaban J connectivity index is 2.95. The van der Waals surface area contributed by atoms with Crippen molar-refractivity contribution in [3.63, 3.8) is 0 Å². The summed E-state index contributed by atoms with van der Waals surface area (Å²) in [6.45, 7) is 7.64. The molecule has 0 aliphatic rings. The lowest BCUT2D eigenvalue weighted by Gasteiger charge is -2.23. The fourth-order valence-electron chi connectivity index (χ4n) is 2.24. The molecule has 0 bridgehead atoms. The maximum atomic E-state index is 12.1.